The molecule has 1 amide bonds. The number of carbonyl (C=O) groups excluding carboxylic acids is 2. The van der Waals surface area contributed by atoms with Crippen LogP contribution in [0.15, 0.2) is 42.5 Å². The van der Waals surface area contributed by atoms with Gasteiger partial charge in [-0.2, -0.15) is 26.3 Å². The summed E-state index contributed by atoms with van der Waals surface area (Å²) in [6.07, 6.45) is -10.0. The Labute approximate surface area is 167 Å². The topological polar surface area (TPSA) is 55.4 Å². The van der Waals surface area contributed by atoms with Gasteiger partial charge >= 0.3 is 12.4 Å². The fraction of sp³-hybridized carbons (Fsp3) is 0.300. The van der Waals surface area contributed by atoms with E-state index in [0.29, 0.717) is 17.7 Å². The van der Waals surface area contributed by atoms with Gasteiger partial charge < -0.3 is 10.1 Å². The van der Waals surface area contributed by atoms with Crippen LogP contribution in [-0.2, 0) is 17.1 Å². The molecule has 1 unspecified atom stereocenters. The number of Topliss-reactive ketones (excluding diaryl/α,β-unsaturated/α-hetero) is 1. The first-order valence-electron chi connectivity index (χ1n) is 8.60. The zero-order valence-electron chi connectivity index (χ0n) is 15.8. The standard InChI is InChI=1S/C20H17F6NO3/c1-11(27-12(2)28)13-3-5-14(6-4-13)18(29)10-30-17-8-15(19(21,22)23)7-16(9-17)20(24,25)26/h3-9,11H,10H2,1-2H3,(H,27,28). The second kappa shape index (κ2) is 8.76. The zero-order chi connectivity index (χ0) is 22.7. The molecule has 0 aliphatic carbocycles. The van der Waals surface area contributed by atoms with E-state index in [1.165, 1.54) is 19.1 Å². The average Bonchev–Trinajstić information content (AvgIpc) is 2.64. The molecule has 0 radical (unpaired) electrons. The molecule has 1 N–H and O–H groups in total. The van der Waals surface area contributed by atoms with Crippen LogP contribution in [0.25, 0.3) is 0 Å². The minimum Gasteiger partial charge on any atom is -0.485 e. The van der Waals surface area contributed by atoms with Gasteiger partial charge in [-0.15, -0.1) is 0 Å². The molecule has 0 aliphatic heterocycles. The van der Waals surface area contributed by atoms with E-state index < -0.39 is 41.6 Å². The molecule has 0 bridgehead atoms. The Morgan fingerprint density at radius 1 is 0.933 bits per heavy atom. The molecule has 0 aliphatic rings. The number of alkyl halides is 6. The molecule has 30 heavy (non-hydrogen) atoms. The molecule has 2 rings (SSSR count). The third-order valence-corrected chi connectivity index (χ3v) is 4.08. The Morgan fingerprint density at radius 3 is 1.87 bits per heavy atom. The summed E-state index contributed by atoms with van der Waals surface area (Å²) in [5.41, 5.74) is -2.21. The quantitative estimate of drug-likeness (QED) is 0.504. The van der Waals surface area contributed by atoms with E-state index in [2.05, 4.69) is 5.32 Å². The number of halogens is 6. The van der Waals surface area contributed by atoms with E-state index in [1.807, 2.05) is 0 Å². The first kappa shape index (κ1) is 23.2. The van der Waals surface area contributed by atoms with Crippen LogP contribution in [0.3, 0.4) is 0 Å². The molecule has 10 heteroatoms. The van der Waals surface area contributed by atoms with E-state index in [4.69, 9.17) is 4.74 Å². The van der Waals surface area contributed by atoms with Crippen LogP contribution in [0.4, 0.5) is 26.3 Å². The van der Waals surface area contributed by atoms with Gasteiger partial charge in [-0.1, -0.05) is 24.3 Å². The van der Waals surface area contributed by atoms with Crippen molar-refractivity contribution in [2.24, 2.45) is 0 Å². The van der Waals surface area contributed by atoms with Gasteiger partial charge in [-0.25, -0.2) is 0 Å². The SMILES string of the molecule is CC(=O)NC(C)c1ccc(C(=O)COc2cc(C(F)(F)F)cc(C(F)(F)F)c2)cc1. The number of benzene rings is 2. The molecule has 2 aromatic rings. The van der Waals surface area contributed by atoms with Crippen LogP contribution in [0, 0.1) is 0 Å². The van der Waals surface area contributed by atoms with Gasteiger partial charge in [0.05, 0.1) is 17.2 Å². The summed E-state index contributed by atoms with van der Waals surface area (Å²) in [4.78, 5) is 23.3. The minimum absolute atomic E-state index is 0.0242. The lowest BCUT2D eigenvalue weighted by Crippen LogP contribution is -2.23. The highest BCUT2D eigenvalue weighted by Gasteiger charge is 2.37. The lowest BCUT2D eigenvalue weighted by molar-refractivity contribution is -0.143. The molecule has 0 spiro atoms. The van der Waals surface area contributed by atoms with Crippen molar-refractivity contribution in [2.75, 3.05) is 6.61 Å². The van der Waals surface area contributed by atoms with E-state index in [9.17, 15) is 35.9 Å². The van der Waals surface area contributed by atoms with Crippen LogP contribution in [0.5, 0.6) is 5.75 Å². The highest BCUT2D eigenvalue weighted by Crippen LogP contribution is 2.38. The van der Waals surface area contributed by atoms with E-state index in [1.54, 1.807) is 19.1 Å². The molecule has 0 fully saturated rings. The van der Waals surface area contributed by atoms with Crippen molar-refractivity contribution in [2.45, 2.75) is 32.2 Å². The van der Waals surface area contributed by atoms with Crippen molar-refractivity contribution >= 4 is 11.7 Å². The van der Waals surface area contributed by atoms with Crippen molar-refractivity contribution in [1.82, 2.24) is 5.32 Å². The summed E-state index contributed by atoms with van der Waals surface area (Å²) in [7, 11) is 0. The first-order valence-corrected chi connectivity index (χ1v) is 8.60. The maximum Gasteiger partial charge on any atom is 0.416 e. The van der Waals surface area contributed by atoms with Gasteiger partial charge in [-0.05, 0) is 30.7 Å². The number of rotatable bonds is 6. The molecular formula is C20H17F6NO3. The van der Waals surface area contributed by atoms with E-state index >= 15 is 0 Å². The Morgan fingerprint density at radius 2 is 1.43 bits per heavy atom. The second-order valence-corrected chi connectivity index (χ2v) is 6.50. The molecule has 2 aromatic carbocycles. The highest BCUT2D eigenvalue weighted by molar-refractivity contribution is 5.97. The number of amides is 1. The lowest BCUT2D eigenvalue weighted by atomic mass is 10.0. The number of hydrogen-bond acceptors (Lipinski definition) is 3. The predicted molar refractivity (Wildman–Crippen MR) is 94.9 cm³/mol. The number of ketones is 1. The van der Waals surface area contributed by atoms with Crippen molar-refractivity contribution in [3.8, 4) is 5.75 Å². The third kappa shape index (κ3) is 6.23. The smallest absolute Gasteiger partial charge is 0.416 e. The lowest BCUT2D eigenvalue weighted by Gasteiger charge is -2.15. The van der Waals surface area contributed by atoms with Gasteiger partial charge in [0, 0.05) is 12.5 Å². The molecular weight excluding hydrogens is 416 g/mol. The molecule has 0 heterocycles. The fourth-order valence-electron chi connectivity index (χ4n) is 2.59. The average molecular weight is 433 g/mol. The second-order valence-electron chi connectivity index (χ2n) is 6.50. The molecule has 4 nitrogen and oxygen atoms in total. The number of hydrogen-bond donors (Lipinski definition) is 1. The third-order valence-electron chi connectivity index (χ3n) is 4.08. The molecule has 162 valence electrons. The summed E-state index contributed by atoms with van der Waals surface area (Å²) in [6, 6.07) is 6.46. The fourth-order valence-corrected chi connectivity index (χ4v) is 2.59. The Bertz CT molecular complexity index is 887. The molecule has 1 atom stereocenters. The summed E-state index contributed by atoms with van der Waals surface area (Å²) in [6.45, 7) is 2.33. The van der Waals surface area contributed by atoms with Gasteiger partial charge in [0.1, 0.15) is 5.75 Å². The monoisotopic (exact) mass is 433 g/mol. The van der Waals surface area contributed by atoms with Gasteiger partial charge in [0.25, 0.3) is 0 Å². The van der Waals surface area contributed by atoms with Crippen LogP contribution in [-0.4, -0.2) is 18.3 Å². The van der Waals surface area contributed by atoms with Crippen LogP contribution < -0.4 is 10.1 Å². The van der Waals surface area contributed by atoms with Crippen molar-refractivity contribution < 1.29 is 40.7 Å². The van der Waals surface area contributed by atoms with Gasteiger partial charge in [0.15, 0.2) is 12.4 Å². The minimum atomic E-state index is -5.01. The van der Waals surface area contributed by atoms with E-state index in [-0.39, 0.29) is 23.6 Å². The van der Waals surface area contributed by atoms with Crippen LogP contribution in [0.2, 0.25) is 0 Å². The van der Waals surface area contributed by atoms with E-state index in [0.717, 1.165) is 0 Å². The highest BCUT2D eigenvalue weighted by atomic mass is 19.4. The predicted octanol–water partition coefficient (Wildman–Crippen LogP) is 5.18. The molecule has 0 saturated carbocycles. The van der Waals surface area contributed by atoms with Crippen molar-refractivity contribution in [1.29, 1.82) is 0 Å². The summed E-state index contributed by atoms with van der Waals surface area (Å²) >= 11 is 0. The molecule has 0 saturated heterocycles. The van der Waals surface area contributed by atoms with Crippen LogP contribution >= 0.6 is 0 Å². The maximum atomic E-state index is 12.9. The van der Waals surface area contributed by atoms with Crippen molar-refractivity contribution in [3.63, 3.8) is 0 Å². The Kier molecular flexibility index (Phi) is 6.79. The number of carbonyl (C=O) groups is 2. The summed E-state index contributed by atoms with van der Waals surface area (Å²) < 4.78 is 82.1. The Balaban J connectivity index is 2.14. The van der Waals surface area contributed by atoms with Gasteiger partial charge in [0.2, 0.25) is 5.91 Å². The normalized spacial score (nSPS) is 12.9. The number of ether oxygens (including phenoxy) is 1. The van der Waals surface area contributed by atoms with Crippen molar-refractivity contribution in [3.05, 3.63) is 64.7 Å². The van der Waals surface area contributed by atoms with Crippen LogP contribution in [0.1, 0.15) is 46.9 Å². The largest absolute Gasteiger partial charge is 0.485 e. The number of nitrogens with one attached hydrogen (secondary N) is 1. The summed E-state index contributed by atoms with van der Waals surface area (Å²) in [5, 5.41) is 2.66. The first-order chi connectivity index (χ1) is 13.8. The van der Waals surface area contributed by atoms with Gasteiger partial charge in [-0.3, -0.25) is 9.59 Å². The maximum absolute atomic E-state index is 12.9. The Hall–Kier alpha value is -3.04. The summed E-state index contributed by atoms with van der Waals surface area (Å²) in [5.74, 6) is -1.60. The zero-order valence-corrected chi connectivity index (χ0v) is 15.8. The molecule has 0 aromatic heterocycles.